The predicted octanol–water partition coefficient (Wildman–Crippen LogP) is 15.2. The Hall–Kier alpha value is -6.38. The molecule has 0 saturated carbocycles. The standard InChI is InChI=1S/C56H47NO/c1-56(33-31-43(32-34-56)44-23-29-51-47(35-44)36-46-11-5-6-12-50(46)51)57(48-25-19-41(20-26-48)40-17-15-39(16-18-40)38-9-3-2-4-10-38)49-27-21-42(22-28-49)45-24-30-53-52-13-7-8-14-54(52)58-55(53)37-45/h2-4,8-10,14-33,35,37H,5-7,11-13,34,36H2,1H3. The molecule has 58 heavy (non-hydrogen) atoms. The Labute approximate surface area is 342 Å². The molecule has 7 aromatic rings. The van der Waals surface area contributed by atoms with Gasteiger partial charge in [0, 0.05) is 22.3 Å². The van der Waals surface area contributed by atoms with E-state index in [0.717, 1.165) is 37.0 Å². The number of anilines is 2. The molecule has 0 fully saturated rings. The summed E-state index contributed by atoms with van der Waals surface area (Å²) < 4.78 is 6.31. The lowest BCUT2D eigenvalue weighted by atomic mass is 9.85. The van der Waals surface area contributed by atoms with E-state index in [1.54, 1.807) is 11.1 Å². The maximum Gasteiger partial charge on any atom is 0.135 e. The molecule has 1 heterocycles. The number of rotatable bonds is 7. The van der Waals surface area contributed by atoms with Gasteiger partial charge in [-0.25, -0.2) is 0 Å². The number of aryl methyl sites for hydroxylation is 1. The zero-order valence-corrected chi connectivity index (χ0v) is 33.2. The van der Waals surface area contributed by atoms with E-state index in [-0.39, 0.29) is 5.54 Å². The largest absolute Gasteiger partial charge is 0.456 e. The molecule has 0 aliphatic heterocycles. The van der Waals surface area contributed by atoms with Crippen molar-refractivity contribution in [3.63, 3.8) is 0 Å². The summed E-state index contributed by atoms with van der Waals surface area (Å²) >= 11 is 0. The SMILES string of the molecule is CC1(N(c2ccc(-c3ccc(-c4ccccc4)cc3)cc2)c2ccc(-c3ccc4c5c(oc4c3)C=CCC5)cc2)C=CC(c2ccc3c(c2)CC2=C3CCCC2)=CC1. The van der Waals surface area contributed by atoms with Gasteiger partial charge in [0.05, 0.1) is 5.54 Å². The fraction of sp³-hybridized carbons (Fsp3) is 0.179. The van der Waals surface area contributed by atoms with Gasteiger partial charge in [-0.05, 0) is 156 Å². The molecule has 0 radical (unpaired) electrons. The second kappa shape index (κ2) is 14.2. The summed E-state index contributed by atoms with van der Waals surface area (Å²) in [5.41, 5.74) is 20.6. The van der Waals surface area contributed by atoms with Crippen molar-refractivity contribution in [1.29, 1.82) is 0 Å². The van der Waals surface area contributed by atoms with Gasteiger partial charge in [-0.2, -0.15) is 0 Å². The van der Waals surface area contributed by atoms with Crippen LogP contribution in [-0.2, 0) is 12.8 Å². The lowest BCUT2D eigenvalue weighted by molar-refractivity contribution is 0.571. The topological polar surface area (TPSA) is 16.4 Å². The maximum absolute atomic E-state index is 6.31. The van der Waals surface area contributed by atoms with Gasteiger partial charge in [-0.1, -0.05) is 139 Å². The van der Waals surface area contributed by atoms with Crippen LogP contribution in [0.15, 0.2) is 174 Å². The van der Waals surface area contributed by atoms with Gasteiger partial charge in [-0.3, -0.25) is 0 Å². The maximum atomic E-state index is 6.31. The molecule has 11 rings (SSSR count). The highest BCUT2D eigenvalue weighted by molar-refractivity contribution is 5.89. The number of hydrogen-bond acceptors (Lipinski definition) is 2. The van der Waals surface area contributed by atoms with Crippen molar-refractivity contribution in [2.45, 2.75) is 63.8 Å². The van der Waals surface area contributed by atoms with Crippen molar-refractivity contribution in [2.24, 2.45) is 0 Å². The molecule has 282 valence electrons. The Kier molecular flexibility index (Phi) is 8.54. The predicted molar refractivity (Wildman–Crippen MR) is 244 cm³/mol. The molecule has 1 unspecified atom stereocenters. The first kappa shape index (κ1) is 34.8. The second-order valence-electron chi connectivity index (χ2n) is 16.9. The van der Waals surface area contributed by atoms with Gasteiger partial charge in [0.25, 0.3) is 0 Å². The van der Waals surface area contributed by atoms with Gasteiger partial charge >= 0.3 is 0 Å². The lowest BCUT2D eigenvalue weighted by Gasteiger charge is -2.42. The summed E-state index contributed by atoms with van der Waals surface area (Å²) in [4.78, 5) is 2.53. The van der Waals surface area contributed by atoms with Gasteiger partial charge in [0.1, 0.15) is 11.3 Å². The van der Waals surface area contributed by atoms with Crippen molar-refractivity contribution < 1.29 is 4.42 Å². The van der Waals surface area contributed by atoms with E-state index in [4.69, 9.17) is 4.42 Å². The van der Waals surface area contributed by atoms with Crippen LogP contribution < -0.4 is 4.90 Å². The third-order valence-corrected chi connectivity index (χ3v) is 13.2. The third kappa shape index (κ3) is 6.19. The lowest BCUT2D eigenvalue weighted by Crippen LogP contribution is -2.42. The minimum Gasteiger partial charge on any atom is -0.456 e. The number of nitrogens with zero attached hydrogens (tertiary/aromatic N) is 1. The summed E-state index contributed by atoms with van der Waals surface area (Å²) in [6, 6.07) is 51.7. The molecular formula is C56H47NO. The van der Waals surface area contributed by atoms with Crippen LogP contribution in [0.1, 0.15) is 73.5 Å². The van der Waals surface area contributed by atoms with Crippen molar-refractivity contribution in [3.05, 3.63) is 197 Å². The Balaban J connectivity index is 0.909. The minimum absolute atomic E-state index is 0.277. The van der Waals surface area contributed by atoms with Crippen LogP contribution in [-0.4, -0.2) is 5.54 Å². The number of hydrogen-bond donors (Lipinski definition) is 0. The van der Waals surface area contributed by atoms with E-state index >= 15 is 0 Å². The fourth-order valence-electron chi connectivity index (χ4n) is 10.0. The molecule has 4 aliphatic rings. The van der Waals surface area contributed by atoms with E-state index < -0.39 is 0 Å². The van der Waals surface area contributed by atoms with E-state index in [1.807, 2.05) is 0 Å². The zero-order valence-electron chi connectivity index (χ0n) is 33.2. The van der Waals surface area contributed by atoms with Gasteiger partial charge in [-0.15, -0.1) is 0 Å². The molecule has 4 aliphatic carbocycles. The Morgan fingerprint density at radius 2 is 1.22 bits per heavy atom. The van der Waals surface area contributed by atoms with Crippen molar-refractivity contribution in [1.82, 2.24) is 0 Å². The quantitative estimate of drug-likeness (QED) is 0.161. The first-order valence-electron chi connectivity index (χ1n) is 21.2. The normalized spacial score (nSPS) is 18.2. The fourth-order valence-corrected chi connectivity index (χ4v) is 10.0. The molecule has 2 nitrogen and oxygen atoms in total. The van der Waals surface area contributed by atoms with Crippen LogP contribution in [0.5, 0.6) is 0 Å². The molecule has 1 atom stereocenters. The second-order valence-corrected chi connectivity index (χ2v) is 16.9. The highest BCUT2D eigenvalue weighted by Gasteiger charge is 2.33. The summed E-state index contributed by atoms with van der Waals surface area (Å²) in [5.74, 6) is 1.01. The summed E-state index contributed by atoms with van der Waals surface area (Å²) in [6.45, 7) is 2.38. The molecule has 0 bridgehead atoms. The molecule has 0 spiro atoms. The van der Waals surface area contributed by atoms with Gasteiger partial charge in [0.2, 0.25) is 0 Å². The Morgan fingerprint density at radius 3 is 1.93 bits per heavy atom. The minimum atomic E-state index is -0.277. The van der Waals surface area contributed by atoms with Crippen LogP contribution in [0, 0.1) is 0 Å². The molecule has 0 amide bonds. The van der Waals surface area contributed by atoms with Crippen molar-refractivity contribution in [3.8, 4) is 33.4 Å². The van der Waals surface area contributed by atoms with E-state index in [2.05, 4.69) is 182 Å². The monoisotopic (exact) mass is 749 g/mol. The first-order valence-corrected chi connectivity index (χ1v) is 21.2. The van der Waals surface area contributed by atoms with Crippen molar-refractivity contribution in [2.75, 3.05) is 4.90 Å². The summed E-state index contributed by atoms with van der Waals surface area (Å²) in [5, 5.41) is 1.24. The third-order valence-electron chi connectivity index (χ3n) is 13.2. The van der Waals surface area contributed by atoms with Gasteiger partial charge < -0.3 is 9.32 Å². The smallest absolute Gasteiger partial charge is 0.135 e. The zero-order chi connectivity index (χ0) is 38.6. The van der Waals surface area contributed by atoms with Crippen LogP contribution in [0.4, 0.5) is 11.4 Å². The number of furan rings is 1. The summed E-state index contributed by atoms with van der Waals surface area (Å²) in [7, 11) is 0. The molecule has 2 heteroatoms. The average molecular weight is 750 g/mol. The number of allylic oxidation sites excluding steroid dienone is 5. The number of benzene rings is 6. The average Bonchev–Trinajstić information content (AvgIpc) is 3.85. The highest BCUT2D eigenvalue weighted by Crippen LogP contribution is 2.45. The van der Waals surface area contributed by atoms with E-state index in [9.17, 15) is 0 Å². The van der Waals surface area contributed by atoms with E-state index in [0.29, 0.717) is 0 Å². The van der Waals surface area contributed by atoms with Crippen molar-refractivity contribution >= 4 is 39.6 Å². The van der Waals surface area contributed by atoms with Gasteiger partial charge in [0.15, 0.2) is 0 Å². The summed E-state index contributed by atoms with van der Waals surface area (Å²) in [6.07, 6.45) is 20.9. The van der Waals surface area contributed by atoms with E-state index in [1.165, 1.54) is 104 Å². The molecule has 0 N–H and O–H groups in total. The molecule has 0 saturated heterocycles. The number of fused-ring (bicyclic) bond motifs is 5. The van der Waals surface area contributed by atoms with Crippen LogP contribution in [0.3, 0.4) is 0 Å². The molecule has 1 aromatic heterocycles. The van der Waals surface area contributed by atoms with Crippen LogP contribution >= 0.6 is 0 Å². The van der Waals surface area contributed by atoms with Crippen LogP contribution in [0.25, 0.3) is 61.6 Å². The van der Waals surface area contributed by atoms with Crippen LogP contribution in [0.2, 0.25) is 0 Å². The highest BCUT2D eigenvalue weighted by atomic mass is 16.3. The first-order chi connectivity index (χ1) is 28.6. The molecule has 6 aromatic carbocycles. The molecular weight excluding hydrogens is 703 g/mol. The Morgan fingerprint density at radius 1 is 0.586 bits per heavy atom. The Bertz CT molecular complexity index is 2810.